The molecule has 1 saturated heterocycles. The van der Waals surface area contributed by atoms with Gasteiger partial charge in [-0.05, 0) is 66.6 Å². The van der Waals surface area contributed by atoms with Crippen LogP contribution in [0.3, 0.4) is 0 Å². The summed E-state index contributed by atoms with van der Waals surface area (Å²) in [7, 11) is 1.50. The Morgan fingerprint density at radius 2 is 1.78 bits per heavy atom. The van der Waals surface area contributed by atoms with E-state index in [-0.39, 0.29) is 30.2 Å². The first kappa shape index (κ1) is 25.1. The molecule has 0 spiro atoms. The van der Waals surface area contributed by atoms with Crippen LogP contribution in [-0.4, -0.2) is 35.7 Å². The molecular formula is C28H26N2O5S. The summed E-state index contributed by atoms with van der Waals surface area (Å²) in [5.74, 6) is 0.172. The minimum atomic E-state index is -0.337. The largest absolute Gasteiger partial charge is 0.493 e. The standard InChI is InChI=1S/C28H26N2O5S/c1-18-9-11-22(19(2)13-18)29-26(31)17-35-23-12-10-21(14-24(23)34-3)15-25-27(32)30(28(33)36-25)16-20-7-5-4-6-8-20/h4-15H,16-17H2,1-3H3,(H,29,31)/b25-15-. The second-order valence-corrected chi connectivity index (χ2v) is 9.31. The van der Waals surface area contributed by atoms with Crippen LogP contribution in [-0.2, 0) is 16.1 Å². The first-order chi connectivity index (χ1) is 17.3. The highest BCUT2D eigenvalue weighted by Crippen LogP contribution is 2.35. The maximum Gasteiger partial charge on any atom is 0.293 e. The van der Waals surface area contributed by atoms with Crippen LogP contribution >= 0.6 is 11.8 Å². The van der Waals surface area contributed by atoms with Crippen molar-refractivity contribution in [3.8, 4) is 11.5 Å². The molecule has 1 aliphatic rings. The number of hydrogen-bond donors (Lipinski definition) is 1. The predicted molar refractivity (Wildman–Crippen MR) is 141 cm³/mol. The Balaban J connectivity index is 1.42. The van der Waals surface area contributed by atoms with Crippen LogP contribution < -0.4 is 14.8 Å². The fourth-order valence-electron chi connectivity index (χ4n) is 3.73. The molecule has 7 nitrogen and oxygen atoms in total. The molecule has 0 bridgehead atoms. The van der Waals surface area contributed by atoms with E-state index >= 15 is 0 Å². The molecule has 0 atom stereocenters. The molecule has 0 aliphatic carbocycles. The summed E-state index contributed by atoms with van der Waals surface area (Å²) in [5.41, 5.74) is 4.37. The molecule has 1 heterocycles. The van der Waals surface area contributed by atoms with Gasteiger partial charge in [0.05, 0.1) is 18.6 Å². The normalized spacial score (nSPS) is 14.3. The molecule has 1 fully saturated rings. The van der Waals surface area contributed by atoms with Crippen LogP contribution in [0.1, 0.15) is 22.3 Å². The number of hydrogen-bond acceptors (Lipinski definition) is 6. The van der Waals surface area contributed by atoms with E-state index in [9.17, 15) is 14.4 Å². The molecule has 3 aromatic carbocycles. The van der Waals surface area contributed by atoms with Crippen LogP contribution in [0.25, 0.3) is 6.08 Å². The van der Waals surface area contributed by atoms with Crippen molar-refractivity contribution in [2.24, 2.45) is 0 Å². The Labute approximate surface area is 214 Å². The van der Waals surface area contributed by atoms with Gasteiger partial charge in [-0.15, -0.1) is 0 Å². The maximum absolute atomic E-state index is 12.8. The molecule has 1 aliphatic heterocycles. The lowest BCUT2D eigenvalue weighted by Crippen LogP contribution is -2.27. The molecule has 0 radical (unpaired) electrons. The maximum atomic E-state index is 12.8. The Hall–Kier alpha value is -4.04. The van der Waals surface area contributed by atoms with Crippen LogP contribution in [0.15, 0.2) is 71.6 Å². The Bertz CT molecular complexity index is 1340. The predicted octanol–water partition coefficient (Wildman–Crippen LogP) is 5.57. The van der Waals surface area contributed by atoms with Crippen molar-refractivity contribution in [1.29, 1.82) is 0 Å². The van der Waals surface area contributed by atoms with E-state index in [1.54, 1.807) is 24.3 Å². The molecule has 4 rings (SSSR count). The van der Waals surface area contributed by atoms with Gasteiger partial charge >= 0.3 is 0 Å². The molecule has 1 N–H and O–H groups in total. The fourth-order valence-corrected chi connectivity index (χ4v) is 4.57. The number of carbonyl (C=O) groups excluding carboxylic acids is 3. The number of methoxy groups -OCH3 is 1. The number of benzene rings is 3. The van der Waals surface area contributed by atoms with Gasteiger partial charge in [-0.25, -0.2) is 0 Å². The van der Waals surface area contributed by atoms with Gasteiger partial charge in [0.15, 0.2) is 18.1 Å². The smallest absolute Gasteiger partial charge is 0.293 e. The molecule has 36 heavy (non-hydrogen) atoms. The zero-order chi connectivity index (χ0) is 25.7. The molecule has 3 amide bonds. The van der Waals surface area contributed by atoms with E-state index in [4.69, 9.17) is 9.47 Å². The highest BCUT2D eigenvalue weighted by atomic mass is 32.2. The first-order valence-corrected chi connectivity index (χ1v) is 12.1. The molecule has 184 valence electrons. The van der Waals surface area contributed by atoms with Crippen molar-refractivity contribution in [3.05, 3.63) is 93.9 Å². The number of carbonyl (C=O) groups is 3. The highest BCUT2D eigenvalue weighted by molar-refractivity contribution is 8.18. The second-order valence-electron chi connectivity index (χ2n) is 8.32. The van der Waals surface area contributed by atoms with Crippen molar-refractivity contribution in [2.45, 2.75) is 20.4 Å². The SMILES string of the molecule is COc1cc(/C=C2\SC(=O)N(Cc3ccccc3)C2=O)ccc1OCC(=O)Nc1ccc(C)cc1C. The number of nitrogens with zero attached hydrogens (tertiary/aromatic N) is 1. The van der Waals surface area contributed by atoms with Crippen LogP contribution in [0.4, 0.5) is 10.5 Å². The number of imide groups is 1. The third kappa shape index (κ3) is 5.95. The lowest BCUT2D eigenvalue weighted by atomic mass is 10.1. The zero-order valence-corrected chi connectivity index (χ0v) is 21.1. The molecule has 3 aromatic rings. The average Bonchev–Trinajstić information content (AvgIpc) is 3.12. The summed E-state index contributed by atoms with van der Waals surface area (Å²) in [5, 5.41) is 2.54. The summed E-state index contributed by atoms with van der Waals surface area (Å²) in [6.07, 6.45) is 1.65. The number of thioether (sulfide) groups is 1. The number of amides is 3. The summed E-state index contributed by atoms with van der Waals surface area (Å²) in [6, 6.07) is 20.3. The lowest BCUT2D eigenvalue weighted by Gasteiger charge is -2.13. The van der Waals surface area contributed by atoms with Gasteiger partial charge in [0.2, 0.25) is 0 Å². The van der Waals surface area contributed by atoms with Crippen molar-refractivity contribution in [1.82, 2.24) is 4.90 Å². The summed E-state index contributed by atoms with van der Waals surface area (Å²) < 4.78 is 11.1. The van der Waals surface area contributed by atoms with E-state index in [2.05, 4.69) is 5.32 Å². The van der Waals surface area contributed by atoms with Crippen molar-refractivity contribution >= 4 is 40.6 Å². The van der Waals surface area contributed by atoms with Crippen molar-refractivity contribution < 1.29 is 23.9 Å². The van der Waals surface area contributed by atoms with E-state index in [0.29, 0.717) is 22.0 Å². The number of aryl methyl sites for hydroxylation is 2. The van der Waals surface area contributed by atoms with Gasteiger partial charge in [0.1, 0.15) is 0 Å². The summed E-state index contributed by atoms with van der Waals surface area (Å²) >= 11 is 0.904. The van der Waals surface area contributed by atoms with Gasteiger partial charge in [-0.2, -0.15) is 0 Å². The molecule has 0 unspecified atom stereocenters. The topological polar surface area (TPSA) is 84.9 Å². The van der Waals surface area contributed by atoms with Crippen molar-refractivity contribution in [3.63, 3.8) is 0 Å². The Morgan fingerprint density at radius 1 is 1.00 bits per heavy atom. The quantitative estimate of drug-likeness (QED) is 0.406. The number of anilines is 1. The molecule has 8 heteroatoms. The van der Waals surface area contributed by atoms with E-state index < -0.39 is 0 Å². The van der Waals surface area contributed by atoms with Gasteiger partial charge in [0, 0.05) is 5.69 Å². The summed E-state index contributed by atoms with van der Waals surface area (Å²) in [6.45, 7) is 3.96. The van der Waals surface area contributed by atoms with Gasteiger partial charge in [-0.1, -0.05) is 54.1 Å². The van der Waals surface area contributed by atoms with Crippen LogP contribution in [0, 0.1) is 13.8 Å². The number of rotatable bonds is 8. The highest BCUT2D eigenvalue weighted by Gasteiger charge is 2.35. The van der Waals surface area contributed by atoms with Gasteiger partial charge < -0.3 is 14.8 Å². The minimum absolute atomic E-state index is 0.193. The fraction of sp³-hybridized carbons (Fsp3) is 0.179. The first-order valence-electron chi connectivity index (χ1n) is 11.3. The molecule has 0 aromatic heterocycles. The van der Waals surface area contributed by atoms with E-state index in [1.807, 2.05) is 62.4 Å². The Morgan fingerprint density at radius 3 is 2.50 bits per heavy atom. The lowest BCUT2D eigenvalue weighted by molar-refractivity contribution is -0.123. The third-order valence-electron chi connectivity index (χ3n) is 5.56. The Kier molecular flexibility index (Phi) is 7.75. The van der Waals surface area contributed by atoms with Gasteiger partial charge in [-0.3, -0.25) is 19.3 Å². The van der Waals surface area contributed by atoms with Gasteiger partial charge in [0.25, 0.3) is 17.1 Å². The zero-order valence-electron chi connectivity index (χ0n) is 20.2. The van der Waals surface area contributed by atoms with E-state index in [0.717, 1.165) is 34.1 Å². The second kappa shape index (κ2) is 11.1. The van der Waals surface area contributed by atoms with Crippen molar-refractivity contribution in [2.75, 3.05) is 19.0 Å². The number of ether oxygens (including phenoxy) is 2. The number of nitrogens with one attached hydrogen (secondary N) is 1. The molecular weight excluding hydrogens is 476 g/mol. The average molecular weight is 503 g/mol. The monoisotopic (exact) mass is 502 g/mol. The minimum Gasteiger partial charge on any atom is -0.493 e. The third-order valence-corrected chi connectivity index (χ3v) is 6.46. The molecule has 0 saturated carbocycles. The van der Waals surface area contributed by atoms with Crippen LogP contribution in [0.2, 0.25) is 0 Å². The van der Waals surface area contributed by atoms with E-state index in [1.165, 1.54) is 12.0 Å². The van der Waals surface area contributed by atoms with Crippen LogP contribution in [0.5, 0.6) is 11.5 Å². The summed E-state index contributed by atoms with van der Waals surface area (Å²) in [4.78, 5) is 39.2.